The highest BCUT2D eigenvalue weighted by molar-refractivity contribution is 5.95. The van der Waals surface area contributed by atoms with E-state index in [2.05, 4.69) is 27.1 Å². The minimum Gasteiger partial charge on any atom is -0.481 e. The van der Waals surface area contributed by atoms with Crippen molar-refractivity contribution in [2.45, 2.75) is 57.4 Å². The summed E-state index contributed by atoms with van der Waals surface area (Å²) in [5, 5.41) is 3.23. The Morgan fingerprint density at radius 2 is 1.89 bits per heavy atom. The lowest BCUT2D eigenvalue weighted by Gasteiger charge is -2.35. The summed E-state index contributed by atoms with van der Waals surface area (Å²) >= 11 is 0. The zero-order valence-corrected chi connectivity index (χ0v) is 20.4. The van der Waals surface area contributed by atoms with Gasteiger partial charge in [-0.3, -0.25) is 4.79 Å². The van der Waals surface area contributed by atoms with Gasteiger partial charge in [-0.25, -0.2) is 18.7 Å². The third-order valence-electron chi connectivity index (χ3n) is 7.28. The van der Waals surface area contributed by atoms with Crippen molar-refractivity contribution in [2.75, 3.05) is 38.3 Å². The van der Waals surface area contributed by atoms with Crippen LogP contribution in [0.2, 0.25) is 0 Å². The van der Waals surface area contributed by atoms with E-state index in [4.69, 9.17) is 9.47 Å². The molecular formula is C26H34F2N4O3. The van der Waals surface area contributed by atoms with E-state index in [9.17, 15) is 13.6 Å². The summed E-state index contributed by atoms with van der Waals surface area (Å²) in [7, 11) is 1.37. The number of methoxy groups -OCH3 is 1. The van der Waals surface area contributed by atoms with Crippen LogP contribution in [0.4, 0.5) is 14.6 Å². The van der Waals surface area contributed by atoms with Gasteiger partial charge < -0.3 is 19.7 Å². The lowest BCUT2D eigenvalue weighted by atomic mass is 9.74. The molecule has 3 heterocycles. The van der Waals surface area contributed by atoms with Crippen molar-refractivity contribution in [3.63, 3.8) is 0 Å². The van der Waals surface area contributed by atoms with Crippen molar-refractivity contribution < 1.29 is 23.0 Å². The Labute approximate surface area is 205 Å². The normalized spacial score (nSPS) is 21.6. The number of halogens is 2. The van der Waals surface area contributed by atoms with Gasteiger partial charge in [0, 0.05) is 37.1 Å². The van der Waals surface area contributed by atoms with Crippen LogP contribution in [0.1, 0.15) is 72.9 Å². The molecule has 1 aliphatic carbocycles. The maximum atomic E-state index is 13.8. The molecule has 190 valence electrons. The van der Waals surface area contributed by atoms with E-state index in [0.29, 0.717) is 30.3 Å². The van der Waals surface area contributed by atoms with Crippen molar-refractivity contribution >= 4 is 11.7 Å². The van der Waals surface area contributed by atoms with Gasteiger partial charge in [-0.15, -0.1) is 0 Å². The molecule has 1 atom stereocenters. The standard InChI is InChI=1S/C26H34F2N4O3/c1-3-21(31-25(33)19-8-10-29-22(16-19)32-12-14-35-15-13-32)18-6-4-17(5-7-18)20-9-11-30-26(34-2)23(20)24(27)28/h8-11,16-18,21,24H,3-7,12-15H2,1-2H3,(H,31,33). The molecule has 2 aromatic heterocycles. The molecule has 35 heavy (non-hydrogen) atoms. The molecule has 1 saturated heterocycles. The van der Waals surface area contributed by atoms with Gasteiger partial charge in [0.05, 0.1) is 25.9 Å². The van der Waals surface area contributed by atoms with Gasteiger partial charge in [0.25, 0.3) is 12.3 Å². The SMILES string of the molecule is CCC(NC(=O)c1ccnc(N2CCOCC2)c1)C1CCC(c2ccnc(OC)c2C(F)F)CC1. The molecule has 9 heteroatoms. The van der Waals surface area contributed by atoms with Crippen molar-refractivity contribution in [1.82, 2.24) is 15.3 Å². The first-order valence-corrected chi connectivity index (χ1v) is 12.4. The van der Waals surface area contributed by atoms with Crippen LogP contribution in [0.25, 0.3) is 0 Å². The number of anilines is 1. The second kappa shape index (κ2) is 11.7. The van der Waals surface area contributed by atoms with Gasteiger partial charge in [-0.2, -0.15) is 0 Å². The highest BCUT2D eigenvalue weighted by Gasteiger charge is 2.32. The van der Waals surface area contributed by atoms with Crippen LogP contribution in [0.3, 0.4) is 0 Å². The average molecular weight is 489 g/mol. The molecule has 1 amide bonds. The summed E-state index contributed by atoms with van der Waals surface area (Å²) in [5.41, 5.74) is 1.14. The molecule has 1 unspecified atom stereocenters. The van der Waals surface area contributed by atoms with Crippen molar-refractivity contribution in [3.05, 3.63) is 47.3 Å². The highest BCUT2D eigenvalue weighted by atomic mass is 19.3. The first-order valence-electron chi connectivity index (χ1n) is 12.4. The lowest BCUT2D eigenvalue weighted by molar-refractivity contribution is 0.0908. The number of carbonyl (C=O) groups excluding carboxylic acids is 1. The molecule has 1 N–H and O–H groups in total. The van der Waals surface area contributed by atoms with Crippen molar-refractivity contribution in [1.29, 1.82) is 0 Å². The number of hydrogen-bond acceptors (Lipinski definition) is 6. The number of hydrogen-bond donors (Lipinski definition) is 1. The molecule has 0 bridgehead atoms. The van der Waals surface area contributed by atoms with E-state index < -0.39 is 6.43 Å². The van der Waals surface area contributed by atoms with E-state index in [1.165, 1.54) is 7.11 Å². The molecule has 2 aliphatic rings. The molecular weight excluding hydrogens is 454 g/mol. The summed E-state index contributed by atoms with van der Waals surface area (Å²) in [5.74, 6) is 1.04. The molecule has 2 aromatic rings. The smallest absolute Gasteiger partial charge is 0.269 e. The summed E-state index contributed by atoms with van der Waals surface area (Å²) in [6.07, 6.45) is 4.72. The van der Waals surface area contributed by atoms with Crippen molar-refractivity contribution in [2.24, 2.45) is 5.92 Å². The van der Waals surface area contributed by atoms with E-state index >= 15 is 0 Å². The predicted molar refractivity (Wildman–Crippen MR) is 129 cm³/mol. The minimum absolute atomic E-state index is 0.00659. The van der Waals surface area contributed by atoms with Gasteiger partial charge in [0.2, 0.25) is 5.88 Å². The Bertz CT molecular complexity index is 992. The van der Waals surface area contributed by atoms with E-state index in [0.717, 1.165) is 51.0 Å². The number of rotatable bonds is 8. The van der Waals surface area contributed by atoms with E-state index in [1.54, 1.807) is 24.5 Å². The second-order valence-electron chi connectivity index (χ2n) is 9.23. The number of alkyl halides is 2. The number of aromatic nitrogens is 2. The number of amides is 1. The zero-order valence-electron chi connectivity index (χ0n) is 20.4. The third-order valence-corrected chi connectivity index (χ3v) is 7.28. The Morgan fingerprint density at radius 1 is 1.17 bits per heavy atom. The first-order chi connectivity index (χ1) is 17.0. The summed E-state index contributed by atoms with van der Waals surface area (Å²) in [6, 6.07) is 5.31. The van der Waals surface area contributed by atoms with Crippen LogP contribution in [-0.2, 0) is 4.74 Å². The zero-order chi connectivity index (χ0) is 24.8. The molecule has 1 aliphatic heterocycles. The third kappa shape index (κ3) is 5.89. The molecule has 7 nitrogen and oxygen atoms in total. The molecule has 1 saturated carbocycles. The quantitative estimate of drug-likeness (QED) is 0.578. The van der Waals surface area contributed by atoms with Crippen LogP contribution >= 0.6 is 0 Å². The number of pyridine rings is 2. The van der Waals surface area contributed by atoms with Crippen LogP contribution in [0, 0.1) is 5.92 Å². The van der Waals surface area contributed by atoms with Gasteiger partial charge in [0.15, 0.2) is 0 Å². The van der Waals surface area contributed by atoms with Crippen LogP contribution < -0.4 is 15.0 Å². The molecule has 0 radical (unpaired) electrons. The lowest BCUT2D eigenvalue weighted by Crippen LogP contribution is -2.41. The maximum absolute atomic E-state index is 13.8. The Morgan fingerprint density at radius 3 is 2.54 bits per heavy atom. The van der Waals surface area contributed by atoms with Crippen molar-refractivity contribution in [3.8, 4) is 5.88 Å². The Kier molecular flexibility index (Phi) is 8.49. The van der Waals surface area contributed by atoms with Crippen LogP contribution in [0.15, 0.2) is 30.6 Å². The molecule has 4 rings (SSSR count). The van der Waals surface area contributed by atoms with Gasteiger partial charge in [-0.05, 0) is 67.7 Å². The van der Waals surface area contributed by atoms with Gasteiger partial charge in [0.1, 0.15) is 5.82 Å². The largest absolute Gasteiger partial charge is 0.481 e. The summed E-state index contributed by atoms with van der Waals surface area (Å²) < 4.78 is 38.0. The first kappa shape index (κ1) is 25.3. The fourth-order valence-corrected chi connectivity index (χ4v) is 5.37. The summed E-state index contributed by atoms with van der Waals surface area (Å²) in [4.78, 5) is 23.6. The molecule has 0 spiro atoms. The van der Waals surface area contributed by atoms with E-state index in [-0.39, 0.29) is 29.3 Å². The average Bonchev–Trinajstić information content (AvgIpc) is 2.91. The fraction of sp³-hybridized carbons (Fsp3) is 0.577. The fourth-order valence-electron chi connectivity index (χ4n) is 5.37. The number of nitrogens with zero attached hydrogens (tertiary/aromatic N) is 3. The number of ether oxygens (including phenoxy) is 2. The maximum Gasteiger partial charge on any atom is 0.269 e. The van der Waals surface area contributed by atoms with E-state index in [1.807, 2.05) is 6.07 Å². The van der Waals surface area contributed by atoms with Gasteiger partial charge >= 0.3 is 0 Å². The topological polar surface area (TPSA) is 76.6 Å². The van der Waals surface area contributed by atoms with Gasteiger partial charge in [-0.1, -0.05) is 6.92 Å². The van der Waals surface area contributed by atoms with Crippen LogP contribution in [-0.4, -0.2) is 55.3 Å². The minimum atomic E-state index is -2.63. The summed E-state index contributed by atoms with van der Waals surface area (Å²) in [6.45, 7) is 4.91. The highest BCUT2D eigenvalue weighted by Crippen LogP contribution is 2.42. The molecule has 0 aromatic carbocycles. The Hall–Kier alpha value is -2.81. The van der Waals surface area contributed by atoms with Crippen LogP contribution in [0.5, 0.6) is 5.88 Å². The number of nitrogens with one attached hydrogen (secondary N) is 1. The molecule has 2 fully saturated rings. The predicted octanol–water partition coefficient (Wildman–Crippen LogP) is 4.74. The second-order valence-corrected chi connectivity index (χ2v) is 9.23. The number of carbonyl (C=O) groups is 1. The monoisotopic (exact) mass is 488 g/mol. The number of morpholine rings is 1. The Balaban J connectivity index is 1.39.